The monoisotopic (exact) mass is 332 g/mol. The highest BCUT2D eigenvalue weighted by Gasteiger charge is 2.14. The smallest absolute Gasteiger partial charge is 0.492 e. The molecule has 0 fully saturated rings. The molecular weight excluding hydrogens is 312 g/mol. The quantitative estimate of drug-likeness (QED) is 0.631. The van der Waals surface area contributed by atoms with Gasteiger partial charge in [-0.05, 0) is 30.2 Å². The molecule has 2 N–H and O–H groups in total. The largest absolute Gasteiger partial charge is 0.503 e. The van der Waals surface area contributed by atoms with Gasteiger partial charge < -0.3 is 19.7 Å². The maximum atomic E-state index is 12.2. The molecule has 128 valence electrons. The van der Waals surface area contributed by atoms with Gasteiger partial charge in [0.15, 0.2) is 0 Å². The molecule has 0 bridgehead atoms. The lowest BCUT2D eigenvalue weighted by atomic mass is 10.2. The number of carboxylic acid groups (broad SMARTS) is 2. The zero-order valence-corrected chi connectivity index (χ0v) is 13.5. The molecule has 0 aromatic heterocycles. The van der Waals surface area contributed by atoms with E-state index in [0.717, 1.165) is 0 Å². The Morgan fingerprint density at radius 1 is 0.958 bits per heavy atom. The molecule has 0 aliphatic rings. The summed E-state index contributed by atoms with van der Waals surface area (Å²) in [5.41, 5.74) is 0.442. The number of benzene rings is 2. The van der Waals surface area contributed by atoms with Gasteiger partial charge >= 0.3 is 12.1 Å². The first-order chi connectivity index (χ1) is 11.4. The number of carbonyl (C=O) groups is 2. The molecular formula is C18H20O6. The van der Waals surface area contributed by atoms with E-state index in [4.69, 9.17) is 24.5 Å². The van der Waals surface area contributed by atoms with E-state index >= 15 is 0 Å². The van der Waals surface area contributed by atoms with Gasteiger partial charge in [0.25, 0.3) is 0 Å². The molecule has 6 heteroatoms. The van der Waals surface area contributed by atoms with Crippen molar-refractivity contribution < 1.29 is 29.3 Å². The van der Waals surface area contributed by atoms with Gasteiger partial charge in [-0.25, -0.2) is 9.59 Å². The van der Waals surface area contributed by atoms with E-state index in [9.17, 15) is 4.79 Å². The van der Waals surface area contributed by atoms with Gasteiger partial charge in [0.2, 0.25) is 0 Å². The van der Waals surface area contributed by atoms with Crippen LogP contribution in [-0.4, -0.2) is 28.9 Å². The van der Waals surface area contributed by atoms with Crippen molar-refractivity contribution in [3.05, 3.63) is 60.2 Å². The highest BCUT2D eigenvalue weighted by molar-refractivity contribution is 5.93. The summed E-state index contributed by atoms with van der Waals surface area (Å²) in [4.78, 5) is 20.7. The highest BCUT2D eigenvalue weighted by Crippen LogP contribution is 2.21. The molecule has 0 saturated heterocycles. The zero-order chi connectivity index (χ0) is 17.9. The van der Waals surface area contributed by atoms with E-state index in [2.05, 4.69) is 13.8 Å². The van der Waals surface area contributed by atoms with E-state index in [1.165, 1.54) is 0 Å². The predicted molar refractivity (Wildman–Crippen MR) is 88.8 cm³/mol. The lowest BCUT2D eigenvalue weighted by molar-refractivity contribution is 0.0729. The van der Waals surface area contributed by atoms with Crippen LogP contribution in [0.15, 0.2) is 54.6 Å². The molecule has 0 heterocycles. The standard InChI is InChI=1S/C17H18O3.CH2O3/c1-13(2)12-19-16-11-7-6-10-15(16)17(18)20-14-8-4-3-5-9-14;2-1(3)4/h3-11,13H,12H2,1-2H3;(H2,2,3,4). The van der Waals surface area contributed by atoms with Crippen LogP contribution in [0.1, 0.15) is 24.2 Å². The van der Waals surface area contributed by atoms with Gasteiger partial charge in [-0.1, -0.05) is 44.2 Å². The second-order valence-electron chi connectivity index (χ2n) is 5.19. The fourth-order valence-electron chi connectivity index (χ4n) is 1.67. The van der Waals surface area contributed by atoms with E-state index in [-0.39, 0.29) is 0 Å². The minimum absolute atomic E-state index is 0.396. The molecule has 2 rings (SSSR count). The van der Waals surface area contributed by atoms with Crippen molar-refractivity contribution in [2.75, 3.05) is 6.61 Å². The number of esters is 1. The van der Waals surface area contributed by atoms with Crippen molar-refractivity contribution in [1.82, 2.24) is 0 Å². The van der Waals surface area contributed by atoms with Crippen LogP contribution in [0.4, 0.5) is 4.79 Å². The van der Waals surface area contributed by atoms with E-state index in [0.29, 0.717) is 29.6 Å². The third-order valence-corrected chi connectivity index (χ3v) is 2.63. The Bertz CT molecular complexity index is 648. The van der Waals surface area contributed by atoms with Crippen LogP contribution in [0.25, 0.3) is 0 Å². The van der Waals surface area contributed by atoms with Gasteiger partial charge in [0.1, 0.15) is 17.1 Å². The van der Waals surface area contributed by atoms with E-state index in [1.54, 1.807) is 30.3 Å². The minimum atomic E-state index is -1.83. The van der Waals surface area contributed by atoms with Crippen molar-refractivity contribution in [2.24, 2.45) is 5.92 Å². The lowest BCUT2D eigenvalue weighted by Crippen LogP contribution is -2.12. The normalized spacial score (nSPS) is 9.62. The van der Waals surface area contributed by atoms with Gasteiger partial charge in [-0.2, -0.15) is 0 Å². The van der Waals surface area contributed by atoms with Crippen LogP contribution in [0.5, 0.6) is 11.5 Å². The molecule has 0 radical (unpaired) electrons. The average molecular weight is 332 g/mol. The summed E-state index contributed by atoms with van der Waals surface area (Å²) < 4.78 is 11.0. The molecule has 0 spiro atoms. The molecule has 0 aliphatic carbocycles. The predicted octanol–water partition coefficient (Wildman–Crippen LogP) is 4.16. The molecule has 6 nitrogen and oxygen atoms in total. The summed E-state index contributed by atoms with van der Waals surface area (Å²) in [7, 11) is 0. The number of ether oxygens (including phenoxy) is 2. The van der Waals surface area contributed by atoms with Gasteiger partial charge in [-0.15, -0.1) is 0 Å². The Kier molecular flexibility index (Phi) is 7.84. The van der Waals surface area contributed by atoms with Crippen LogP contribution >= 0.6 is 0 Å². The molecule has 2 aromatic carbocycles. The molecule has 24 heavy (non-hydrogen) atoms. The fourth-order valence-corrected chi connectivity index (χ4v) is 1.67. The summed E-state index contributed by atoms with van der Waals surface area (Å²) in [5, 5.41) is 13.9. The number of hydrogen-bond acceptors (Lipinski definition) is 4. The topological polar surface area (TPSA) is 93.1 Å². The van der Waals surface area contributed by atoms with E-state index < -0.39 is 12.1 Å². The van der Waals surface area contributed by atoms with Crippen LogP contribution in [-0.2, 0) is 0 Å². The fraction of sp³-hybridized carbons (Fsp3) is 0.222. The average Bonchev–Trinajstić information content (AvgIpc) is 2.53. The van der Waals surface area contributed by atoms with Crippen molar-refractivity contribution in [3.63, 3.8) is 0 Å². The van der Waals surface area contributed by atoms with Crippen molar-refractivity contribution in [1.29, 1.82) is 0 Å². The first kappa shape index (κ1) is 19.0. The Balaban J connectivity index is 0.000000648. The third-order valence-electron chi connectivity index (χ3n) is 2.63. The number of carbonyl (C=O) groups excluding carboxylic acids is 1. The number of rotatable bonds is 5. The first-order valence-electron chi connectivity index (χ1n) is 7.31. The Morgan fingerprint density at radius 2 is 1.50 bits per heavy atom. The van der Waals surface area contributed by atoms with Crippen LogP contribution < -0.4 is 9.47 Å². The van der Waals surface area contributed by atoms with Crippen molar-refractivity contribution in [2.45, 2.75) is 13.8 Å². The Labute approximate surface area is 140 Å². The van der Waals surface area contributed by atoms with Crippen LogP contribution in [0.2, 0.25) is 0 Å². The molecule has 0 atom stereocenters. The Morgan fingerprint density at radius 3 is 2.08 bits per heavy atom. The molecule has 0 unspecified atom stereocenters. The maximum absolute atomic E-state index is 12.2. The summed E-state index contributed by atoms with van der Waals surface area (Å²) in [6, 6.07) is 16.1. The summed E-state index contributed by atoms with van der Waals surface area (Å²) in [5.74, 6) is 1.07. The highest BCUT2D eigenvalue weighted by atomic mass is 16.6. The first-order valence-corrected chi connectivity index (χ1v) is 7.31. The van der Waals surface area contributed by atoms with Gasteiger partial charge in [0.05, 0.1) is 6.61 Å². The molecule has 2 aromatic rings. The van der Waals surface area contributed by atoms with Crippen LogP contribution in [0, 0.1) is 5.92 Å². The summed E-state index contributed by atoms with van der Waals surface area (Å²) in [6.07, 6.45) is -1.83. The molecule has 0 aliphatic heterocycles. The van der Waals surface area contributed by atoms with E-state index in [1.807, 2.05) is 24.3 Å². The summed E-state index contributed by atoms with van der Waals surface area (Å²) in [6.45, 7) is 4.69. The lowest BCUT2D eigenvalue weighted by Gasteiger charge is -2.12. The molecule has 0 amide bonds. The number of para-hydroxylation sites is 2. The number of hydrogen-bond donors (Lipinski definition) is 2. The summed E-state index contributed by atoms with van der Waals surface area (Å²) >= 11 is 0. The third kappa shape index (κ3) is 7.31. The maximum Gasteiger partial charge on any atom is 0.503 e. The zero-order valence-electron chi connectivity index (χ0n) is 13.5. The van der Waals surface area contributed by atoms with Gasteiger partial charge in [0, 0.05) is 0 Å². The SMILES string of the molecule is CC(C)COc1ccccc1C(=O)Oc1ccccc1.O=C(O)O. The second kappa shape index (κ2) is 9.89. The minimum Gasteiger partial charge on any atom is -0.492 e. The van der Waals surface area contributed by atoms with Crippen molar-refractivity contribution >= 4 is 12.1 Å². The van der Waals surface area contributed by atoms with Gasteiger partial charge in [-0.3, -0.25) is 0 Å². The second-order valence-corrected chi connectivity index (χ2v) is 5.19. The van der Waals surface area contributed by atoms with Crippen LogP contribution in [0.3, 0.4) is 0 Å². The van der Waals surface area contributed by atoms with Crippen molar-refractivity contribution in [3.8, 4) is 11.5 Å². The molecule has 0 saturated carbocycles. The Hall–Kier alpha value is -3.02.